The first-order valence-corrected chi connectivity index (χ1v) is 9.66. The van der Waals surface area contributed by atoms with Crippen molar-refractivity contribution in [1.29, 1.82) is 0 Å². The van der Waals surface area contributed by atoms with Crippen LogP contribution in [0.4, 0.5) is 0 Å². The first-order valence-electron chi connectivity index (χ1n) is 9.66. The Labute approximate surface area is 160 Å². The van der Waals surface area contributed by atoms with E-state index < -0.39 is 5.41 Å². The van der Waals surface area contributed by atoms with E-state index in [1.165, 1.54) is 6.92 Å². The molecule has 0 N–H and O–H groups in total. The van der Waals surface area contributed by atoms with Gasteiger partial charge in [0.25, 0.3) is 5.91 Å². The molecule has 6 nitrogen and oxygen atoms in total. The molecule has 1 aromatic carbocycles. The molecular formula is C21H28N2O4. The number of nitrogens with zero attached hydrogens (tertiary/aromatic N) is 2. The normalized spacial score (nSPS) is 22.5. The van der Waals surface area contributed by atoms with E-state index >= 15 is 0 Å². The molecule has 0 aromatic heterocycles. The second-order valence-electron chi connectivity index (χ2n) is 7.60. The summed E-state index contributed by atoms with van der Waals surface area (Å²) in [7, 11) is 1.67. The average molecular weight is 372 g/mol. The zero-order chi connectivity index (χ0) is 19.4. The maximum Gasteiger partial charge on any atom is 0.254 e. The molecule has 3 rings (SSSR count). The van der Waals surface area contributed by atoms with E-state index in [0.29, 0.717) is 43.8 Å². The predicted octanol–water partition coefficient (Wildman–Crippen LogP) is 2.38. The molecule has 2 heterocycles. The van der Waals surface area contributed by atoms with Gasteiger partial charge in [0.05, 0.1) is 11.0 Å². The number of amides is 2. The zero-order valence-corrected chi connectivity index (χ0v) is 16.2. The number of piperidine rings is 1. The number of ketones is 1. The van der Waals surface area contributed by atoms with Crippen LogP contribution < -0.4 is 0 Å². The number of benzene rings is 1. The van der Waals surface area contributed by atoms with Gasteiger partial charge in [0, 0.05) is 45.5 Å². The summed E-state index contributed by atoms with van der Waals surface area (Å²) in [6.07, 6.45) is 3.31. The van der Waals surface area contributed by atoms with Gasteiger partial charge in [-0.3, -0.25) is 14.4 Å². The Morgan fingerprint density at radius 2 is 1.89 bits per heavy atom. The third-order valence-corrected chi connectivity index (χ3v) is 5.78. The van der Waals surface area contributed by atoms with Gasteiger partial charge in [0.2, 0.25) is 5.91 Å². The standard InChI is InChI=1S/C21H28N2O4/c1-16(24)17-7-3-4-8-18(17)19(25)23-13-10-21(15-23)9-5-11-22(20(21)26)12-6-14-27-2/h3-4,7-8H,5-6,9-15H2,1-2H3/t21-/m0/s1. The second-order valence-corrected chi connectivity index (χ2v) is 7.60. The molecule has 2 amide bonds. The number of carbonyl (C=O) groups excluding carboxylic acids is 3. The monoisotopic (exact) mass is 372 g/mol. The van der Waals surface area contributed by atoms with E-state index in [0.717, 1.165) is 25.8 Å². The Kier molecular flexibility index (Phi) is 5.95. The molecule has 0 bridgehead atoms. The number of methoxy groups -OCH3 is 1. The number of likely N-dealkylation sites (tertiary alicyclic amines) is 2. The number of Topliss-reactive ketones (excluding diaryl/α,β-unsaturated/α-hetero) is 1. The first kappa shape index (κ1) is 19.5. The minimum atomic E-state index is -0.466. The first-order chi connectivity index (χ1) is 13.0. The van der Waals surface area contributed by atoms with Crippen molar-refractivity contribution in [2.24, 2.45) is 5.41 Å². The van der Waals surface area contributed by atoms with E-state index in [2.05, 4.69) is 0 Å². The summed E-state index contributed by atoms with van der Waals surface area (Å²) in [6, 6.07) is 6.92. The highest BCUT2D eigenvalue weighted by molar-refractivity contribution is 6.07. The van der Waals surface area contributed by atoms with Crippen LogP contribution in [0, 0.1) is 5.41 Å². The molecule has 1 spiro atoms. The predicted molar refractivity (Wildman–Crippen MR) is 102 cm³/mol. The van der Waals surface area contributed by atoms with Crippen molar-refractivity contribution in [3.8, 4) is 0 Å². The number of ether oxygens (including phenoxy) is 1. The lowest BCUT2D eigenvalue weighted by Crippen LogP contribution is -2.50. The maximum absolute atomic E-state index is 13.1. The Morgan fingerprint density at radius 3 is 2.59 bits per heavy atom. The molecule has 2 aliphatic heterocycles. The van der Waals surface area contributed by atoms with Gasteiger partial charge in [-0.15, -0.1) is 0 Å². The number of hydrogen-bond donors (Lipinski definition) is 0. The fourth-order valence-electron chi connectivity index (χ4n) is 4.34. The van der Waals surface area contributed by atoms with Crippen LogP contribution in [0.3, 0.4) is 0 Å². The van der Waals surface area contributed by atoms with Crippen molar-refractivity contribution >= 4 is 17.6 Å². The molecule has 0 aliphatic carbocycles. The number of hydrogen-bond acceptors (Lipinski definition) is 4. The Hall–Kier alpha value is -2.21. The highest BCUT2D eigenvalue weighted by Crippen LogP contribution is 2.40. The summed E-state index contributed by atoms with van der Waals surface area (Å²) < 4.78 is 5.09. The van der Waals surface area contributed by atoms with Crippen molar-refractivity contribution in [1.82, 2.24) is 9.80 Å². The molecule has 0 radical (unpaired) electrons. The molecular weight excluding hydrogens is 344 g/mol. The summed E-state index contributed by atoms with van der Waals surface area (Å²) in [6.45, 7) is 4.60. The lowest BCUT2D eigenvalue weighted by Gasteiger charge is -2.39. The maximum atomic E-state index is 13.1. The van der Waals surface area contributed by atoms with Crippen molar-refractivity contribution < 1.29 is 19.1 Å². The van der Waals surface area contributed by atoms with Crippen LogP contribution in [-0.4, -0.2) is 67.3 Å². The van der Waals surface area contributed by atoms with Crippen molar-refractivity contribution in [2.45, 2.75) is 32.6 Å². The van der Waals surface area contributed by atoms with Gasteiger partial charge in [0.1, 0.15) is 0 Å². The quantitative estimate of drug-likeness (QED) is 0.568. The summed E-state index contributed by atoms with van der Waals surface area (Å²) in [4.78, 5) is 41.7. The van der Waals surface area contributed by atoms with E-state index in [9.17, 15) is 14.4 Å². The van der Waals surface area contributed by atoms with Crippen LogP contribution in [0.1, 0.15) is 53.3 Å². The molecule has 2 fully saturated rings. The van der Waals surface area contributed by atoms with Gasteiger partial charge in [-0.25, -0.2) is 0 Å². The van der Waals surface area contributed by atoms with Crippen LogP contribution >= 0.6 is 0 Å². The minimum absolute atomic E-state index is 0.120. The second kappa shape index (κ2) is 8.21. The fraction of sp³-hybridized carbons (Fsp3) is 0.571. The number of rotatable bonds is 6. The summed E-state index contributed by atoms with van der Waals surface area (Å²) in [5.74, 6) is -0.104. The molecule has 1 atom stereocenters. The SMILES string of the molecule is COCCCN1CCC[C@@]2(CCN(C(=O)c3ccccc3C(C)=O)C2)C1=O. The Morgan fingerprint density at radius 1 is 1.15 bits per heavy atom. The molecule has 6 heteroatoms. The Balaban J connectivity index is 1.73. The van der Waals surface area contributed by atoms with E-state index in [1.54, 1.807) is 36.3 Å². The minimum Gasteiger partial charge on any atom is -0.385 e. The van der Waals surface area contributed by atoms with Gasteiger partial charge in [0.15, 0.2) is 5.78 Å². The third-order valence-electron chi connectivity index (χ3n) is 5.78. The topological polar surface area (TPSA) is 66.9 Å². The number of carbonyl (C=O) groups is 3. The molecule has 2 aliphatic rings. The zero-order valence-electron chi connectivity index (χ0n) is 16.2. The smallest absolute Gasteiger partial charge is 0.254 e. The van der Waals surface area contributed by atoms with Gasteiger partial charge in [-0.1, -0.05) is 18.2 Å². The van der Waals surface area contributed by atoms with Crippen molar-refractivity contribution in [3.63, 3.8) is 0 Å². The molecule has 146 valence electrons. The third kappa shape index (κ3) is 3.90. The highest BCUT2D eigenvalue weighted by Gasteiger charge is 2.49. The molecule has 0 unspecified atom stereocenters. The average Bonchev–Trinajstić information content (AvgIpc) is 3.10. The summed E-state index contributed by atoms with van der Waals surface area (Å²) in [5.41, 5.74) is 0.411. The van der Waals surface area contributed by atoms with Crippen molar-refractivity contribution in [3.05, 3.63) is 35.4 Å². The van der Waals surface area contributed by atoms with Gasteiger partial charge in [-0.2, -0.15) is 0 Å². The van der Waals surface area contributed by atoms with Gasteiger partial charge in [-0.05, 0) is 38.7 Å². The van der Waals surface area contributed by atoms with Gasteiger partial charge < -0.3 is 14.5 Å². The van der Waals surface area contributed by atoms with Crippen LogP contribution in [0.2, 0.25) is 0 Å². The Bertz CT molecular complexity index is 733. The summed E-state index contributed by atoms with van der Waals surface area (Å²) in [5, 5.41) is 0. The lowest BCUT2D eigenvalue weighted by atomic mass is 9.78. The molecule has 0 saturated carbocycles. The highest BCUT2D eigenvalue weighted by atomic mass is 16.5. The van der Waals surface area contributed by atoms with Crippen LogP contribution in [0.15, 0.2) is 24.3 Å². The van der Waals surface area contributed by atoms with Crippen LogP contribution in [0.5, 0.6) is 0 Å². The fourth-order valence-corrected chi connectivity index (χ4v) is 4.34. The van der Waals surface area contributed by atoms with E-state index in [-0.39, 0.29) is 17.6 Å². The largest absolute Gasteiger partial charge is 0.385 e. The molecule has 2 saturated heterocycles. The molecule has 1 aromatic rings. The van der Waals surface area contributed by atoms with Crippen molar-refractivity contribution in [2.75, 3.05) is 39.9 Å². The van der Waals surface area contributed by atoms with Crippen LogP contribution in [0.25, 0.3) is 0 Å². The summed E-state index contributed by atoms with van der Waals surface area (Å²) >= 11 is 0. The van der Waals surface area contributed by atoms with E-state index in [1.807, 2.05) is 4.90 Å². The van der Waals surface area contributed by atoms with Gasteiger partial charge >= 0.3 is 0 Å². The van der Waals surface area contributed by atoms with Crippen LogP contribution in [-0.2, 0) is 9.53 Å². The molecule has 27 heavy (non-hydrogen) atoms. The lowest BCUT2D eigenvalue weighted by molar-refractivity contribution is -0.145. The van der Waals surface area contributed by atoms with E-state index in [4.69, 9.17) is 4.74 Å².